The molecule has 100 valence electrons. The molecule has 0 radical (unpaired) electrons. The van der Waals surface area contributed by atoms with Gasteiger partial charge in [0.2, 0.25) is 0 Å². The van der Waals surface area contributed by atoms with E-state index in [0.717, 1.165) is 18.5 Å². The van der Waals surface area contributed by atoms with Gasteiger partial charge in [0.1, 0.15) is 6.04 Å². The van der Waals surface area contributed by atoms with Crippen LogP contribution < -0.4 is 0 Å². The third-order valence-corrected chi connectivity index (χ3v) is 3.63. The molecule has 1 aromatic heterocycles. The predicted molar refractivity (Wildman–Crippen MR) is 68.2 cm³/mol. The standard InChI is InChI=1S/C13H21N3O2/c1-9(2)16-8-11(6-14-16)7-15-5-4-10(3)12(15)13(17)18/h6,8-10,12H,4-5,7H2,1-3H3,(H,17,18). The maximum absolute atomic E-state index is 11.3. The van der Waals surface area contributed by atoms with Gasteiger partial charge in [0, 0.05) is 24.3 Å². The Morgan fingerprint density at radius 2 is 2.33 bits per heavy atom. The molecule has 1 fully saturated rings. The first kappa shape index (κ1) is 13.1. The number of aliphatic carboxylic acids is 1. The molecular weight excluding hydrogens is 230 g/mol. The summed E-state index contributed by atoms with van der Waals surface area (Å²) in [5, 5.41) is 13.6. The van der Waals surface area contributed by atoms with Crippen molar-refractivity contribution >= 4 is 5.97 Å². The molecule has 2 rings (SSSR count). The molecule has 0 aromatic carbocycles. The Hall–Kier alpha value is -1.36. The predicted octanol–water partition coefficient (Wildman–Crippen LogP) is 1.76. The van der Waals surface area contributed by atoms with Crippen LogP contribution in [0.5, 0.6) is 0 Å². The fourth-order valence-corrected chi connectivity index (χ4v) is 2.58. The first-order valence-corrected chi connectivity index (χ1v) is 6.49. The SMILES string of the molecule is CC1CCN(Cc2cnn(C(C)C)c2)C1C(=O)O. The van der Waals surface area contributed by atoms with Gasteiger partial charge in [-0.3, -0.25) is 14.4 Å². The van der Waals surface area contributed by atoms with Crippen molar-refractivity contribution in [2.75, 3.05) is 6.54 Å². The number of hydrogen-bond donors (Lipinski definition) is 1. The molecule has 1 N–H and O–H groups in total. The van der Waals surface area contributed by atoms with Gasteiger partial charge in [-0.2, -0.15) is 5.10 Å². The zero-order valence-electron chi connectivity index (χ0n) is 11.2. The summed E-state index contributed by atoms with van der Waals surface area (Å²) < 4.78 is 1.91. The van der Waals surface area contributed by atoms with E-state index in [-0.39, 0.29) is 12.0 Å². The smallest absolute Gasteiger partial charge is 0.321 e. The normalized spacial score (nSPS) is 24.9. The number of rotatable bonds is 4. The first-order chi connectivity index (χ1) is 8.49. The fourth-order valence-electron chi connectivity index (χ4n) is 2.58. The maximum Gasteiger partial charge on any atom is 0.321 e. The van der Waals surface area contributed by atoms with E-state index in [2.05, 4.69) is 18.9 Å². The van der Waals surface area contributed by atoms with Gasteiger partial charge in [0.25, 0.3) is 0 Å². The van der Waals surface area contributed by atoms with Crippen LogP contribution in [0, 0.1) is 5.92 Å². The van der Waals surface area contributed by atoms with Crippen LogP contribution in [0.1, 0.15) is 38.8 Å². The van der Waals surface area contributed by atoms with Gasteiger partial charge < -0.3 is 5.11 Å². The second-order valence-electron chi connectivity index (χ2n) is 5.44. The second kappa shape index (κ2) is 5.10. The highest BCUT2D eigenvalue weighted by atomic mass is 16.4. The molecule has 0 aliphatic carbocycles. The molecule has 1 aliphatic heterocycles. The quantitative estimate of drug-likeness (QED) is 0.886. The van der Waals surface area contributed by atoms with E-state index in [1.165, 1.54) is 0 Å². The minimum Gasteiger partial charge on any atom is -0.480 e. The summed E-state index contributed by atoms with van der Waals surface area (Å²) in [7, 11) is 0. The van der Waals surface area contributed by atoms with Crippen molar-refractivity contribution in [3.05, 3.63) is 18.0 Å². The van der Waals surface area contributed by atoms with E-state index < -0.39 is 5.97 Å². The zero-order chi connectivity index (χ0) is 13.3. The van der Waals surface area contributed by atoms with Gasteiger partial charge in [-0.15, -0.1) is 0 Å². The summed E-state index contributed by atoms with van der Waals surface area (Å²) in [4.78, 5) is 13.3. The molecule has 18 heavy (non-hydrogen) atoms. The van der Waals surface area contributed by atoms with E-state index >= 15 is 0 Å². The van der Waals surface area contributed by atoms with Gasteiger partial charge in [-0.25, -0.2) is 0 Å². The zero-order valence-corrected chi connectivity index (χ0v) is 11.2. The highest BCUT2D eigenvalue weighted by molar-refractivity contribution is 5.74. The summed E-state index contributed by atoms with van der Waals surface area (Å²) in [6, 6.07) is -0.0149. The van der Waals surface area contributed by atoms with Crippen molar-refractivity contribution in [1.82, 2.24) is 14.7 Å². The molecule has 5 heteroatoms. The molecule has 1 aromatic rings. The van der Waals surface area contributed by atoms with Gasteiger partial charge >= 0.3 is 5.97 Å². The molecule has 2 heterocycles. The van der Waals surface area contributed by atoms with Gasteiger partial charge in [-0.1, -0.05) is 6.92 Å². The van der Waals surface area contributed by atoms with E-state index in [1.807, 2.05) is 28.9 Å². The molecule has 1 saturated heterocycles. The summed E-state index contributed by atoms with van der Waals surface area (Å²) in [5.74, 6) is -0.487. The van der Waals surface area contributed by atoms with Crippen molar-refractivity contribution in [3.63, 3.8) is 0 Å². The summed E-state index contributed by atoms with van der Waals surface area (Å²) >= 11 is 0. The van der Waals surface area contributed by atoms with Crippen LogP contribution in [0.2, 0.25) is 0 Å². The largest absolute Gasteiger partial charge is 0.480 e. The number of carboxylic acid groups (broad SMARTS) is 1. The number of nitrogens with zero attached hydrogens (tertiary/aromatic N) is 3. The third kappa shape index (κ3) is 2.56. The molecule has 0 saturated carbocycles. The van der Waals surface area contributed by atoms with Crippen LogP contribution in [0.3, 0.4) is 0 Å². The minimum absolute atomic E-state index is 0.225. The van der Waals surface area contributed by atoms with Crippen molar-refractivity contribution < 1.29 is 9.90 Å². The Morgan fingerprint density at radius 3 is 2.89 bits per heavy atom. The van der Waals surface area contributed by atoms with Crippen molar-refractivity contribution in [2.24, 2.45) is 5.92 Å². The van der Waals surface area contributed by atoms with E-state index in [9.17, 15) is 9.90 Å². The van der Waals surface area contributed by atoms with Crippen molar-refractivity contribution in [1.29, 1.82) is 0 Å². The van der Waals surface area contributed by atoms with E-state index in [4.69, 9.17) is 0 Å². The first-order valence-electron chi connectivity index (χ1n) is 6.49. The molecule has 0 bridgehead atoms. The lowest BCUT2D eigenvalue weighted by Crippen LogP contribution is -2.38. The number of carbonyl (C=O) groups is 1. The van der Waals surface area contributed by atoms with E-state index in [1.54, 1.807) is 0 Å². The van der Waals surface area contributed by atoms with Crippen LogP contribution in [-0.4, -0.2) is 38.3 Å². The summed E-state index contributed by atoms with van der Waals surface area (Å²) in [6.07, 6.45) is 4.80. The number of carboxylic acids is 1. The van der Waals surface area contributed by atoms with Crippen LogP contribution in [0.25, 0.3) is 0 Å². The monoisotopic (exact) mass is 251 g/mol. The van der Waals surface area contributed by atoms with Crippen LogP contribution in [-0.2, 0) is 11.3 Å². The van der Waals surface area contributed by atoms with Gasteiger partial charge in [0.15, 0.2) is 0 Å². The Bertz CT molecular complexity index is 428. The Kier molecular flexibility index (Phi) is 3.71. The van der Waals surface area contributed by atoms with Crippen LogP contribution in [0.4, 0.5) is 0 Å². The van der Waals surface area contributed by atoms with Crippen LogP contribution >= 0.6 is 0 Å². The lowest BCUT2D eigenvalue weighted by atomic mass is 10.0. The number of likely N-dealkylation sites (tertiary alicyclic amines) is 1. The molecule has 5 nitrogen and oxygen atoms in total. The second-order valence-corrected chi connectivity index (χ2v) is 5.44. The summed E-state index contributed by atoms with van der Waals surface area (Å²) in [6.45, 7) is 7.69. The Labute approximate surface area is 107 Å². The Balaban J connectivity index is 2.06. The van der Waals surface area contributed by atoms with Gasteiger partial charge in [0.05, 0.1) is 6.20 Å². The number of hydrogen-bond acceptors (Lipinski definition) is 3. The van der Waals surface area contributed by atoms with Crippen molar-refractivity contribution in [3.8, 4) is 0 Å². The third-order valence-electron chi connectivity index (χ3n) is 3.63. The highest BCUT2D eigenvalue weighted by Crippen LogP contribution is 2.25. The lowest BCUT2D eigenvalue weighted by molar-refractivity contribution is -0.143. The molecule has 0 amide bonds. The molecule has 2 atom stereocenters. The number of aromatic nitrogens is 2. The minimum atomic E-state index is -0.712. The molecule has 0 spiro atoms. The van der Waals surface area contributed by atoms with Gasteiger partial charge in [-0.05, 0) is 32.7 Å². The fraction of sp³-hybridized carbons (Fsp3) is 0.692. The average molecular weight is 251 g/mol. The molecule has 2 unspecified atom stereocenters. The molecular formula is C13H21N3O2. The van der Waals surface area contributed by atoms with E-state index in [0.29, 0.717) is 12.6 Å². The molecule has 1 aliphatic rings. The highest BCUT2D eigenvalue weighted by Gasteiger charge is 2.36. The maximum atomic E-state index is 11.3. The summed E-state index contributed by atoms with van der Waals surface area (Å²) in [5.41, 5.74) is 1.09. The lowest BCUT2D eigenvalue weighted by Gasteiger charge is -2.22. The van der Waals surface area contributed by atoms with Crippen molar-refractivity contribution in [2.45, 2.75) is 45.8 Å². The Morgan fingerprint density at radius 1 is 1.61 bits per heavy atom. The average Bonchev–Trinajstić information content (AvgIpc) is 2.86. The topological polar surface area (TPSA) is 58.4 Å². The van der Waals surface area contributed by atoms with Crippen LogP contribution in [0.15, 0.2) is 12.4 Å².